The van der Waals surface area contributed by atoms with Crippen molar-refractivity contribution in [2.24, 2.45) is 7.05 Å². The number of carbonyl (C=O) groups excluding carboxylic acids is 1. The minimum Gasteiger partial charge on any atom is -0.444 e. The monoisotopic (exact) mass is 347 g/mol. The highest BCUT2D eigenvalue weighted by Gasteiger charge is 2.11. The molecular weight excluding hydrogens is 334 g/mol. The molecule has 0 spiro atoms. The molecular formula is C15H14BrN3O2. The highest BCUT2D eigenvalue weighted by Crippen LogP contribution is 2.15. The second kappa shape index (κ2) is 5.73. The Morgan fingerprint density at radius 1 is 1.33 bits per heavy atom. The second-order valence-corrected chi connectivity index (χ2v) is 5.47. The van der Waals surface area contributed by atoms with Crippen molar-refractivity contribution in [2.45, 2.75) is 6.42 Å². The fourth-order valence-corrected chi connectivity index (χ4v) is 2.54. The average molecular weight is 348 g/mol. The number of nitrogens with one attached hydrogen (secondary N) is 1. The van der Waals surface area contributed by atoms with Crippen LogP contribution in [0.15, 0.2) is 45.5 Å². The number of benzene rings is 1. The van der Waals surface area contributed by atoms with Crippen LogP contribution in [-0.4, -0.2) is 22.0 Å². The van der Waals surface area contributed by atoms with Crippen LogP contribution in [0.1, 0.15) is 16.4 Å². The molecule has 0 atom stereocenters. The van der Waals surface area contributed by atoms with E-state index in [0.29, 0.717) is 23.4 Å². The average Bonchev–Trinajstić information content (AvgIpc) is 3.04. The van der Waals surface area contributed by atoms with Gasteiger partial charge in [0, 0.05) is 20.0 Å². The summed E-state index contributed by atoms with van der Waals surface area (Å²) in [6, 6.07) is 11.3. The van der Waals surface area contributed by atoms with Crippen LogP contribution in [0.25, 0.3) is 11.0 Å². The third-order valence-corrected chi connectivity index (χ3v) is 3.74. The predicted octanol–water partition coefficient (Wildman–Crippen LogP) is 2.90. The van der Waals surface area contributed by atoms with Gasteiger partial charge in [-0.05, 0) is 40.2 Å². The van der Waals surface area contributed by atoms with E-state index in [9.17, 15) is 4.79 Å². The molecule has 0 aliphatic carbocycles. The van der Waals surface area contributed by atoms with E-state index in [1.54, 1.807) is 12.1 Å². The van der Waals surface area contributed by atoms with Gasteiger partial charge in [-0.2, -0.15) is 0 Å². The maximum absolute atomic E-state index is 11.9. The molecule has 0 aliphatic heterocycles. The number of amides is 1. The van der Waals surface area contributed by atoms with Gasteiger partial charge < -0.3 is 14.3 Å². The first-order chi connectivity index (χ1) is 10.1. The molecule has 1 N–H and O–H groups in total. The standard InChI is InChI=1S/C15H14BrN3O2/c1-19-11-5-3-2-4-10(11)18-14(19)8-9-17-15(20)12-6-7-13(16)21-12/h2-7H,8-9H2,1H3,(H,17,20). The fraction of sp³-hybridized carbons (Fsp3) is 0.200. The number of halogens is 1. The summed E-state index contributed by atoms with van der Waals surface area (Å²) >= 11 is 3.17. The molecule has 0 radical (unpaired) electrons. The molecule has 0 saturated carbocycles. The largest absolute Gasteiger partial charge is 0.444 e. The predicted molar refractivity (Wildman–Crippen MR) is 83.2 cm³/mol. The van der Waals surface area contributed by atoms with Gasteiger partial charge in [-0.25, -0.2) is 4.98 Å². The van der Waals surface area contributed by atoms with E-state index in [4.69, 9.17) is 4.42 Å². The highest BCUT2D eigenvalue weighted by molar-refractivity contribution is 9.10. The Bertz CT molecular complexity index is 791. The Morgan fingerprint density at radius 3 is 2.86 bits per heavy atom. The second-order valence-electron chi connectivity index (χ2n) is 4.69. The van der Waals surface area contributed by atoms with E-state index < -0.39 is 0 Å². The minimum atomic E-state index is -0.223. The molecule has 0 aliphatic rings. The van der Waals surface area contributed by atoms with Crippen molar-refractivity contribution in [2.75, 3.05) is 6.54 Å². The Hall–Kier alpha value is -2.08. The van der Waals surface area contributed by atoms with E-state index in [2.05, 4.69) is 26.2 Å². The van der Waals surface area contributed by atoms with E-state index in [-0.39, 0.29) is 5.91 Å². The van der Waals surface area contributed by atoms with Gasteiger partial charge in [0.15, 0.2) is 10.4 Å². The van der Waals surface area contributed by atoms with E-state index in [1.807, 2.05) is 35.9 Å². The highest BCUT2D eigenvalue weighted by atomic mass is 79.9. The van der Waals surface area contributed by atoms with Crippen LogP contribution in [0, 0.1) is 0 Å². The summed E-state index contributed by atoms with van der Waals surface area (Å²) < 4.78 is 7.79. The van der Waals surface area contributed by atoms with Gasteiger partial charge in [-0.1, -0.05) is 12.1 Å². The zero-order valence-corrected chi connectivity index (χ0v) is 13.1. The van der Waals surface area contributed by atoms with Crippen LogP contribution in [0.4, 0.5) is 0 Å². The molecule has 2 aromatic heterocycles. The Morgan fingerprint density at radius 2 is 2.14 bits per heavy atom. The summed E-state index contributed by atoms with van der Waals surface area (Å²) in [5.74, 6) is 1.02. The summed E-state index contributed by atoms with van der Waals surface area (Å²) in [5.41, 5.74) is 2.06. The smallest absolute Gasteiger partial charge is 0.287 e. The van der Waals surface area contributed by atoms with E-state index >= 15 is 0 Å². The van der Waals surface area contributed by atoms with Gasteiger partial charge in [0.2, 0.25) is 0 Å². The van der Waals surface area contributed by atoms with Crippen molar-refractivity contribution in [3.63, 3.8) is 0 Å². The molecule has 5 nitrogen and oxygen atoms in total. The number of fused-ring (bicyclic) bond motifs is 1. The summed E-state index contributed by atoms with van der Waals surface area (Å²) in [4.78, 5) is 16.4. The number of aromatic nitrogens is 2. The molecule has 6 heteroatoms. The van der Waals surface area contributed by atoms with Crippen LogP contribution in [0.5, 0.6) is 0 Å². The molecule has 0 unspecified atom stereocenters. The van der Waals surface area contributed by atoms with Crippen molar-refractivity contribution >= 4 is 32.9 Å². The lowest BCUT2D eigenvalue weighted by atomic mass is 10.3. The SMILES string of the molecule is Cn1c(CCNC(=O)c2ccc(Br)o2)nc2ccccc21. The zero-order valence-electron chi connectivity index (χ0n) is 11.5. The van der Waals surface area contributed by atoms with Gasteiger partial charge in [0.05, 0.1) is 11.0 Å². The molecule has 0 saturated heterocycles. The molecule has 3 aromatic rings. The van der Waals surface area contributed by atoms with E-state index in [1.165, 1.54) is 0 Å². The van der Waals surface area contributed by atoms with Crippen LogP contribution in [-0.2, 0) is 13.5 Å². The zero-order chi connectivity index (χ0) is 14.8. The van der Waals surface area contributed by atoms with E-state index in [0.717, 1.165) is 16.9 Å². The number of aryl methyl sites for hydroxylation is 1. The van der Waals surface area contributed by atoms with Crippen LogP contribution in [0.3, 0.4) is 0 Å². The maximum atomic E-state index is 11.9. The van der Waals surface area contributed by atoms with Crippen LogP contribution in [0.2, 0.25) is 0 Å². The van der Waals surface area contributed by atoms with Crippen LogP contribution < -0.4 is 5.32 Å². The third-order valence-electron chi connectivity index (χ3n) is 3.31. The van der Waals surface area contributed by atoms with Gasteiger partial charge in [-0.15, -0.1) is 0 Å². The Balaban J connectivity index is 1.64. The van der Waals surface area contributed by atoms with Crippen molar-refractivity contribution in [3.8, 4) is 0 Å². The number of carbonyl (C=O) groups is 1. The number of imidazole rings is 1. The van der Waals surface area contributed by atoms with Gasteiger partial charge in [0.25, 0.3) is 5.91 Å². The third kappa shape index (κ3) is 2.85. The molecule has 2 heterocycles. The number of furan rings is 1. The summed E-state index contributed by atoms with van der Waals surface area (Å²) in [6.45, 7) is 0.508. The Kier molecular flexibility index (Phi) is 3.79. The lowest BCUT2D eigenvalue weighted by molar-refractivity contribution is 0.0925. The molecule has 21 heavy (non-hydrogen) atoms. The van der Waals surface area contributed by atoms with Gasteiger partial charge in [0.1, 0.15) is 5.82 Å². The summed E-state index contributed by atoms with van der Waals surface area (Å²) in [6.07, 6.45) is 0.665. The number of nitrogens with zero attached hydrogens (tertiary/aromatic N) is 2. The molecule has 108 valence electrons. The lowest BCUT2D eigenvalue weighted by Gasteiger charge is -2.04. The first-order valence-corrected chi connectivity index (χ1v) is 7.38. The summed E-state index contributed by atoms with van der Waals surface area (Å²) in [7, 11) is 1.98. The maximum Gasteiger partial charge on any atom is 0.287 e. The number of rotatable bonds is 4. The van der Waals surface area contributed by atoms with Crippen molar-refractivity contribution < 1.29 is 9.21 Å². The fourth-order valence-electron chi connectivity index (χ4n) is 2.23. The Labute approximate surface area is 130 Å². The van der Waals surface area contributed by atoms with Crippen molar-refractivity contribution in [1.82, 2.24) is 14.9 Å². The number of hydrogen-bond acceptors (Lipinski definition) is 3. The van der Waals surface area contributed by atoms with Gasteiger partial charge >= 0.3 is 0 Å². The molecule has 1 aromatic carbocycles. The quantitative estimate of drug-likeness (QED) is 0.789. The first-order valence-electron chi connectivity index (χ1n) is 6.59. The topological polar surface area (TPSA) is 60.1 Å². The molecule has 0 fully saturated rings. The molecule has 3 rings (SSSR count). The minimum absolute atomic E-state index is 0.223. The van der Waals surface area contributed by atoms with Crippen molar-refractivity contribution in [1.29, 1.82) is 0 Å². The molecule has 1 amide bonds. The molecule has 0 bridgehead atoms. The number of hydrogen-bond donors (Lipinski definition) is 1. The van der Waals surface area contributed by atoms with Gasteiger partial charge in [-0.3, -0.25) is 4.79 Å². The van der Waals surface area contributed by atoms with Crippen molar-refractivity contribution in [3.05, 3.63) is 52.7 Å². The normalized spacial score (nSPS) is 11.0. The summed E-state index contributed by atoms with van der Waals surface area (Å²) in [5, 5.41) is 2.83. The lowest BCUT2D eigenvalue weighted by Crippen LogP contribution is -2.25. The van der Waals surface area contributed by atoms with Crippen LogP contribution >= 0.6 is 15.9 Å². The number of para-hydroxylation sites is 2. The first kappa shape index (κ1) is 13.9.